The summed E-state index contributed by atoms with van der Waals surface area (Å²) in [5.74, 6) is -1.18. The maximum Gasteiger partial charge on any atom is 0.416 e. The monoisotopic (exact) mass is 322 g/mol. The molecule has 1 N–H and O–H groups in total. The Balaban J connectivity index is 2.02. The number of hydrogen-bond acceptors (Lipinski definition) is 2. The molecule has 0 bridgehead atoms. The summed E-state index contributed by atoms with van der Waals surface area (Å²) in [7, 11) is 0. The van der Waals surface area contributed by atoms with Gasteiger partial charge in [-0.3, -0.25) is 0 Å². The third-order valence-electron chi connectivity index (χ3n) is 3.34. The lowest BCUT2D eigenvalue weighted by molar-refractivity contribution is -0.137. The van der Waals surface area contributed by atoms with Crippen LogP contribution in [0, 0.1) is 5.82 Å². The molecule has 0 heterocycles. The Morgan fingerprint density at radius 3 is 2.22 bits per heavy atom. The van der Waals surface area contributed by atoms with Crippen LogP contribution in [-0.4, -0.2) is 5.11 Å². The fraction of sp³-hybridized carbons (Fsp3) is 0.0588. The number of benzene rings is 3. The summed E-state index contributed by atoms with van der Waals surface area (Å²) in [5.41, 5.74) is -1.09. The van der Waals surface area contributed by atoms with Gasteiger partial charge in [0.25, 0.3) is 0 Å². The zero-order valence-electron chi connectivity index (χ0n) is 11.6. The van der Waals surface area contributed by atoms with Crippen LogP contribution in [-0.2, 0) is 6.18 Å². The van der Waals surface area contributed by atoms with E-state index in [1.807, 2.05) is 0 Å². The van der Waals surface area contributed by atoms with Crippen LogP contribution in [0.25, 0.3) is 10.8 Å². The van der Waals surface area contributed by atoms with Crippen LogP contribution in [0.2, 0.25) is 0 Å². The van der Waals surface area contributed by atoms with Crippen LogP contribution in [0.3, 0.4) is 0 Å². The molecule has 0 aliphatic rings. The highest BCUT2D eigenvalue weighted by Crippen LogP contribution is 2.36. The Labute approximate surface area is 128 Å². The smallest absolute Gasteiger partial charge is 0.416 e. The molecule has 0 aliphatic carbocycles. The molecule has 0 atom stereocenters. The molecule has 0 saturated carbocycles. The van der Waals surface area contributed by atoms with E-state index in [1.54, 1.807) is 30.3 Å². The van der Waals surface area contributed by atoms with Crippen molar-refractivity contribution < 1.29 is 27.4 Å². The van der Waals surface area contributed by atoms with E-state index in [2.05, 4.69) is 0 Å². The first kappa shape index (κ1) is 15.1. The molecule has 0 amide bonds. The van der Waals surface area contributed by atoms with Crippen molar-refractivity contribution >= 4 is 10.8 Å². The lowest BCUT2D eigenvalue weighted by atomic mass is 10.1. The number of hydrogen-bond donors (Lipinski definition) is 1. The minimum Gasteiger partial charge on any atom is -0.507 e. The predicted molar refractivity (Wildman–Crippen MR) is 77.1 cm³/mol. The average Bonchev–Trinajstić information content (AvgIpc) is 2.49. The lowest BCUT2D eigenvalue weighted by Crippen LogP contribution is -2.05. The van der Waals surface area contributed by atoms with Crippen molar-refractivity contribution in [1.29, 1.82) is 0 Å². The Morgan fingerprint density at radius 2 is 1.52 bits per heavy atom. The van der Waals surface area contributed by atoms with Gasteiger partial charge in [0.05, 0.1) is 5.56 Å². The summed E-state index contributed by atoms with van der Waals surface area (Å²) in [6.45, 7) is 0. The van der Waals surface area contributed by atoms with Gasteiger partial charge in [-0.25, -0.2) is 4.39 Å². The molecule has 118 valence electrons. The molecule has 0 fully saturated rings. The topological polar surface area (TPSA) is 29.5 Å². The normalized spacial score (nSPS) is 11.7. The van der Waals surface area contributed by atoms with E-state index in [-0.39, 0.29) is 17.2 Å². The van der Waals surface area contributed by atoms with E-state index in [0.717, 1.165) is 12.1 Å². The van der Waals surface area contributed by atoms with Crippen molar-refractivity contribution in [3.8, 4) is 17.2 Å². The molecule has 0 aromatic heterocycles. The van der Waals surface area contributed by atoms with Crippen LogP contribution < -0.4 is 4.74 Å². The highest BCUT2D eigenvalue weighted by molar-refractivity contribution is 5.93. The summed E-state index contributed by atoms with van der Waals surface area (Å²) >= 11 is 0. The molecule has 3 aromatic rings. The van der Waals surface area contributed by atoms with Crippen molar-refractivity contribution in [2.45, 2.75) is 6.18 Å². The van der Waals surface area contributed by atoms with Gasteiger partial charge in [-0.2, -0.15) is 13.2 Å². The van der Waals surface area contributed by atoms with E-state index >= 15 is 0 Å². The number of rotatable bonds is 2. The number of halogens is 4. The first-order valence-electron chi connectivity index (χ1n) is 6.61. The van der Waals surface area contributed by atoms with Gasteiger partial charge in [-0.05, 0) is 30.3 Å². The quantitative estimate of drug-likeness (QED) is 0.632. The number of phenolic OH excluding ortho intramolecular Hbond substituents is 1. The molecular formula is C17H10F4O2. The Morgan fingerprint density at radius 1 is 0.826 bits per heavy atom. The van der Waals surface area contributed by atoms with Crippen LogP contribution >= 0.6 is 0 Å². The maximum absolute atomic E-state index is 13.9. The van der Waals surface area contributed by atoms with Gasteiger partial charge in [0.1, 0.15) is 11.5 Å². The fourth-order valence-corrected chi connectivity index (χ4v) is 2.23. The first-order valence-corrected chi connectivity index (χ1v) is 6.61. The Kier molecular flexibility index (Phi) is 3.60. The molecule has 0 spiro atoms. The SMILES string of the molecule is Oc1cccc2c(Oc3ccc(C(F)(F)F)cc3F)cccc12. The Hall–Kier alpha value is -2.76. The number of fused-ring (bicyclic) bond motifs is 1. The van der Waals surface area contributed by atoms with Crippen molar-refractivity contribution in [3.05, 3.63) is 66.0 Å². The summed E-state index contributed by atoms with van der Waals surface area (Å²) < 4.78 is 56.9. The minimum absolute atomic E-state index is 0.0286. The molecule has 0 saturated heterocycles. The van der Waals surface area contributed by atoms with Crippen LogP contribution in [0.4, 0.5) is 17.6 Å². The van der Waals surface area contributed by atoms with Gasteiger partial charge in [0.2, 0.25) is 0 Å². The number of alkyl halides is 3. The third kappa shape index (κ3) is 2.92. The van der Waals surface area contributed by atoms with E-state index < -0.39 is 17.6 Å². The zero-order valence-corrected chi connectivity index (χ0v) is 11.6. The van der Waals surface area contributed by atoms with Crippen molar-refractivity contribution in [2.75, 3.05) is 0 Å². The molecule has 0 unspecified atom stereocenters. The van der Waals surface area contributed by atoms with Gasteiger partial charge in [-0.1, -0.05) is 24.3 Å². The van der Waals surface area contributed by atoms with Gasteiger partial charge >= 0.3 is 6.18 Å². The largest absolute Gasteiger partial charge is 0.507 e. The Bertz CT molecular complexity index is 872. The van der Waals surface area contributed by atoms with Gasteiger partial charge < -0.3 is 9.84 Å². The van der Waals surface area contributed by atoms with Crippen LogP contribution in [0.15, 0.2) is 54.6 Å². The molecule has 3 rings (SSSR count). The molecule has 0 radical (unpaired) electrons. The predicted octanol–water partition coefficient (Wildman–Crippen LogP) is 5.50. The highest BCUT2D eigenvalue weighted by atomic mass is 19.4. The van der Waals surface area contributed by atoms with Gasteiger partial charge in [0.15, 0.2) is 11.6 Å². The lowest BCUT2D eigenvalue weighted by Gasteiger charge is -2.12. The van der Waals surface area contributed by atoms with Crippen molar-refractivity contribution in [2.24, 2.45) is 0 Å². The second-order valence-corrected chi connectivity index (χ2v) is 4.87. The minimum atomic E-state index is -4.62. The van der Waals surface area contributed by atoms with Gasteiger partial charge in [-0.15, -0.1) is 0 Å². The fourth-order valence-electron chi connectivity index (χ4n) is 2.23. The summed E-state index contributed by atoms with van der Waals surface area (Å²) in [6.07, 6.45) is -4.62. The van der Waals surface area contributed by atoms with E-state index in [1.165, 1.54) is 6.07 Å². The second kappa shape index (κ2) is 5.46. The molecule has 3 aromatic carbocycles. The highest BCUT2D eigenvalue weighted by Gasteiger charge is 2.31. The summed E-state index contributed by atoms with van der Waals surface area (Å²) in [5, 5.41) is 10.8. The molecule has 6 heteroatoms. The molecular weight excluding hydrogens is 312 g/mol. The van der Waals surface area contributed by atoms with E-state index in [9.17, 15) is 22.7 Å². The zero-order chi connectivity index (χ0) is 16.6. The third-order valence-corrected chi connectivity index (χ3v) is 3.34. The standard InChI is InChI=1S/C17H10F4O2/c18-13-9-10(17(19,20)21)7-8-16(13)23-15-6-2-3-11-12(15)4-1-5-14(11)22/h1-9,22H. The van der Waals surface area contributed by atoms with E-state index in [0.29, 0.717) is 16.8 Å². The number of ether oxygens (including phenoxy) is 1. The van der Waals surface area contributed by atoms with Crippen LogP contribution in [0.1, 0.15) is 5.56 Å². The molecule has 23 heavy (non-hydrogen) atoms. The molecule has 2 nitrogen and oxygen atoms in total. The molecule has 0 aliphatic heterocycles. The number of phenols is 1. The van der Waals surface area contributed by atoms with Crippen molar-refractivity contribution in [1.82, 2.24) is 0 Å². The van der Waals surface area contributed by atoms with Gasteiger partial charge in [0, 0.05) is 10.8 Å². The maximum atomic E-state index is 13.9. The first-order chi connectivity index (χ1) is 10.9. The number of aromatic hydroxyl groups is 1. The second-order valence-electron chi connectivity index (χ2n) is 4.87. The van der Waals surface area contributed by atoms with E-state index in [4.69, 9.17) is 4.74 Å². The summed E-state index contributed by atoms with van der Waals surface area (Å²) in [4.78, 5) is 0. The van der Waals surface area contributed by atoms with Crippen molar-refractivity contribution in [3.63, 3.8) is 0 Å². The van der Waals surface area contributed by atoms with Crippen LogP contribution in [0.5, 0.6) is 17.2 Å². The average molecular weight is 322 g/mol. The summed E-state index contributed by atoms with van der Waals surface area (Å²) in [6, 6.07) is 11.6.